The van der Waals surface area contributed by atoms with E-state index >= 15 is 0 Å². The molecule has 1 heterocycles. The Kier molecular flexibility index (Phi) is 3.53. The lowest BCUT2D eigenvalue weighted by Gasteiger charge is -2.28. The van der Waals surface area contributed by atoms with Crippen LogP contribution in [0.15, 0.2) is 0 Å². The molecule has 92 valence electrons. The first-order chi connectivity index (χ1) is 7.63. The SMILES string of the molecule is CCC1NC(C)C(=O)N1CC1CCCC1C. The summed E-state index contributed by atoms with van der Waals surface area (Å²) < 4.78 is 0. The molecule has 4 atom stereocenters. The van der Waals surface area contributed by atoms with Gasteiger partial charge in [0.1, 0.15) is 0 Å². The van der Waals surface area contributed by atoms with Crippen LogP contribution in [-0.2, 0) is 4.79 Å². The van der Waals surface area contributed by atoms with Gasteiger partial charge in [0.05, 0.1) is 12.2 Å². The highest BCUT2D eigenvalue weighted by Gasteiger charge is 2.37. The van der Waals surface area contributed by atoms with E-state index in [9.17, 15) is 4.79 Å². The Labute approximate surface area is 98.6 Å². The van der Waals surface area contributed by atoms with Crippen LogP contribution < -0.4 is 5.32 Å². The van der Waals surface area contributed by atoms with Crippen LogP contribution in [-0.4, -0.2) is 29.6 Å². The summed E-state index contributed by atoms with van der Waals surface area (Å²) in [5.74, 6) is 1.82. The Bertz CT molecular complexity index is 267. The van der Waals surface area contributed by atoms with Gasteiger partial charge in [0.25, 0.3) is 0 Å². The van der Waals surface area contributed by atoms with E-state index in [4.69, 9.17) is 0 Å². The molecule has 1 saturated heterocycles. The summed E-state index contributed by atoms with van der Waals surface area (Å²) in [6.07, 6.45) is 5.27. The summed E-state index contributed by atoms with van der Waals surface area (Å²) in [7, 11) is 0. The quantitative estimate of drug-likeness (QED) is 0.795. The lowest BCUT2D eigenvalue weighted by molar-refractivity contribution is -0.130. The number of hydrogen-bond acceptors (Lipinski definition) is 2. The van der Waals surface area contributed by atoms with Crippen LogP contribution in [0.2, 0.25) is 0 Å². The molecule has 1 saturated carbocycles. The molecule has 1 aliphatic carbocycles. The van der Waals surface area contributed by atoms with Gasteiger partial charge in [-0.15, -0.1) is 0 Å². The first-order valence-corrected chi connectivity index (χ1v) is 6.70. The summed E-state index contributed by atoms with van der Waals surface area (Å²) >= 11 is 0. The summed E-state index contributed by atoms with van der Waals surface area (Å²) in [5, 5.41) is 3.37. The van der Waals surface area contributed by atoms with Crippen molar-refractivity contribution >= 4 is 5.91 Å². The first-order valence-electron chi connectivity index (χ1n) is 6.70. The molecule has 2 fully saturated rings. The van der Waals surface area contributed by atoms with Crippen LogP contribution in [0.3, 0.4) is 0 Å². The standard InChI is InChI=1S/C13H24N2O/c1-4-12-14-10(3)13(16)15(12)8-11-7-5-6-9(11)2/h9-12,14H,4-8H2,1-3H3. The van der Waals surface area contributed by atoms with E-state index in [1.165, 1.54) is 19.3 Å². The molecule has 3 heteroatoms. The highest BCUT2D eigenvalue weighted by Crippen LogP contribution is 2.32. The molecular formula is C13H24N2O. The summed E-state index contributed by atoms with van der Waals surface area (Å²) in [4.78, 5) is 14.1. The fourth-order valence-electron chi connectivity index (χ4n) is 3.15. The molecule has 0 aromatic carbocycles. The number of amides is 1. The molecule has 3 nitrogen and oxygen atoms in total. The number of rotatable bonds is 3. The maximum absolute atomic E-state index is 12.0. The van der Waals surface area contributed by atoms with E-state index < -0.39 is 0 Å². The molecule has 4 unspecified atom stereocenters. The van der Waals surface area contributed by atoms with Crippen molar-refractivity contribution in [1.82, 2.24) is 10.2 Å². The second-order valence-corrected chi connectivity index (χ2v) is 5.47. The molecule has 2 rings (SSSR count). The van der Waals surface area contributed by atoms with Gasteiger partial charge in [0.15, 0.2) is 0 Å². The zero-order valence-electron chi connectivity index (χ0n) is 10.7. The number of nitrogens with one attached hydrogen (secondary N) is 1. The van der Waals surface area contributed by atoms with Gasteiger partial charge in [-0.25, -0.2) is 0 Å². The number of carbonyl (C=O) groups is 1. The van der Waals surface area contributed by atoms with Crippen LogP contribution in [0.25, 0.3) is 0 Å². The van der Waals surface area contributed by atoms with E-state index in [0.717, 1.165) is 24.8 Å². The molecule has 1 amide bonds. The number of carbonyl (C=O) groups excluding carboxylic acids is 1. The Morgan fingerprint density at radius 1 is 1.38 bits per heavy atom. The smallest absolute Gasteiger partial charge is 0.240 e. The maximum atomic E-state index is 12.0. The average Bonchev–Trinajstić information content (AvgIpc) is 2.78. The predicted molar refractivity (Wildman–Crippen MR) is 64.9 cm³/mol. The fourth-order valence-corrected chi connectivity index (χ4v) is 3.15. The van der Waals surface area contributed by atoms with Gasteiger partial charge in [-0.2, -0.15) is 0 Å². The highest BCUT2D eigenvalue weighted by molar-refractivity contribution is 5.83. The van der Waals surface area contributed by atoms with Crippen LogP contribution >= 0.6 is 0 Å². The van der Waals surface area contributed by atoms with Gasteiger partial charge in [-0.1, -0.05) is 26.7 Å². The zero-order chi connectivity index (χ0) is 11.7. The second kappa shape index (κ2) is 4.74. The van der Waals surface area contributed by atoms with Gasteiger partial charge in [0, 0.05) is 6.54 Å². The van der Waals surface area contributed by atoms with Crippen molar-refractivity contribution in [2.75, 3.05) is 6.54 Å². The number of nitrogens with zero attached hydrogens (tertiary/aromatic N) is 1. The lowest BCUT2D eigenvalue weighted by atomic mass is 9.97. The highest BCUT2D eigenvalue weighted by atomic mass is 16.2. The van der Waals surface area contributed by atoms with Crippen molar-refractivity contribution < 1.29 is 4.79 Å². The molecule has 0 spiro atoms. The monoisotopic (exact) mass is 224 g/mol. The molecule has 0 aromatic rings. The molecule has 2 aliphatic rings. The van der Waals surface area contributed by atoms with E-state index in [1.54, 1.807) is 0 Å². The van der Waals surface area contributed by atoms with E-state index in [0.29, 0.717) is 5.91 Å². The van der Waals surface area contributed by atoms with Crippen molar-refractivity contribution in [2.45, 2.75) is 58.7 Å². The second-order valence-electron chi connectivity index (χ2n) is 5.47. The molecule has 0 aromatic heterocycles. The van der Waals surface area contributed by atoms with Gasteiger partial charge >= 0.3 is 0 Å². The average molecular weight is 224 g/mol. The third-order valence-corrected chi connectivity index (χ3v) is 4.33. The largest absolute Gasteiger partial charge is 0.326 e. The molecule has 0 radical (unpaired) electrons. The lowest BCUT2D eigenvalue weighted by Crippen LogP contribution is -2.40. The summed E-state index contributed by atoms with van der Waals surface area (Å²) in [6.45, 7) is 7.42. The van der Waals surface area contributed by atoms with E-state index in [1.807, 2.05) is 6.92 Å². The minimum Gasteiger partial charge on any atom is -0.326 e. The van der Waals surface area contributed by atoms with Crippen molar-refractivity contribution in [3.8, 4) is 0 Å². The predicted octanol–water partition coefficient (Wildman–Crippen LogP) is 1.98. The Morgan fingerprint density at radius 3 is 2.69 bits per heavy atom. The Balaban J connectivity index is 1.99. The third-order valence-electron chi connectivity index (χ3n) is 4.33. The molecule has 1 aliphatic heterocycles. The maximum Gasteiger partial charge on any atom is 0.240 e. The fraction of sp³-hybridized carbons (Fsp3) is 0.923. The number of hydrogen-bond donors (Lipinski definition) is 1. The minimum absolute atomic E-state index is 0.0154. The van der Waals surface area contributed by atoms with Crippen molar-refractivity contribution in [3.63, 3.8) is 0 Å². The molecule has 16 heavy (non-hydrogen) atoms. The van der Waals surface area contributed by atoms with E-state index in [2.05, 4.69) is 24.1 Å². The van der Waals surface area contributed by atoms with Gasteiger partial charge in [0.2, 0.25) is 5.91 Å². The van der Waals surface area contributed by atoms with Gasteiger partial charge in [-0.3, -0.25) is 10.1 Å². The van der Waals surface area contributed by atoms with Crippen molar-refractivity contribution in [1.29, 1.82) is 0 Å². The Morgan fingerprint density at radius 2 is 2.12 bits per heavy atom. The summed E-state index contributed by atoms with van der Waals surface area (Å²) in [6, 6.07) is 0.0154. The van der Waals surface area contributed by atoms with Gasteiger partial charge in [-0.05, 0) is 31.6 Å². The Hall–Kier alpha value is -0.570. The molecular weight excluding hydrogens is 200 g/mol. The molecule has 0 bridgehead atoms. The van der Waals surface area contributed by atoms with Gasteiger partial charge < -0.3 is 4.90 Å². The summed E-state index contributed by atoms with van der Waals surface area (Å²) in [5.41, 5.74) is 0. The van der Waals surface area contributed by atoms with Crippen LogP contribution in [0, 0.1) is 11.8 Å². The van der Waals surface area contributed by atoms with Crippen LogP contribution in [0.5, 0.6) is 0 Å². The first kappa shape index (κ1) is 11.9. The van der Waals surface area contributed by atoms with E-state index in [-0.39, 0.29) is 12.2 Å². The zero-order valence-corrected chi connectivity index (χ0v) is 10.7. The normalized spacial score (nSPS) is 39.7. The molecule has 1 N–H and O–H groups in total. The third kappa shape index (κ3) is 2.10. The topological polar surface area (TPSA) is 32.3 Å². The van der Waals surface area contributed by atoms with Crippen LogP contribution in [0.4, 0.5) is 0 Å². The van der Waals surface area contributed by atoms with Crippen molar-refractivity contribution in [2.24, 2.45) is 11.8 Å². The van der Waals surface area contributed by atoms with Crippen LogP contribution in [0.1, 0.15) is 46.5 Å². The van der Waals surface area contributed by atoms with Crippen molar-refractivity contribution in [3.05, 3.63) is 0 Å². The minimum atomic E-state index is 0.0154.